The van der Waals surface area contributed by atoms with Crippen molar-refractivity contribution in [2.24, 2.45) is 4.99 Å². The zero-order chi connectivity index (χ0) is 19.5. The second-order valence-corrected chi connectivity index (χ2v) is 6.53. The van der Waals surface area contributed by atoms with Crippen molar-refractivity contribution in [3.8, 4) is 11.5 Å². The number of aliphatic imine (C=N–C) groups is 1. The first kappa shape index (κ1) is 21.3. The van der Waals surface area contributed by atoms with Gasteiger partial charge in [-0.3, -0.25) is 4.99 Å². The lowest BCUT2D eigenvalue weighted by Gasteiger charge is -2.30. The Morgan fingerprint density at radius 3 is 2.70 bits per heavy atom. The van der Waals surface area contributed by atoms with E-state index in [0.29, 0.717) is 13.2 Å². The number of benzene rings is 1. The SMILES string of the molecule is CCOc1ccc(CCNC(=NC)NCC2CN(C)CCO2)cc1OCC. The first-order valence-electron chi connectivity index (χ1n) is 9.79. The molecule has 0 saturated carbocycles. The lowest BCUT2D eigenvalue weighted by atomic mass is 10.1. The van der Waals surface area contributed by atoms with Gasteiger partial charge in [-0.25, -0.2) is 0 Å². The van der Waals surface area contributed by atoms with Crippen molar-refractivity contribution in [2.45, 2.75) is 26.4 Å². The Bertz CT molecular complexity index is 595. The first-order chi connectivity index (χ1) is 13.2. The van der Waals surface area contributed by atoms with E-state index >= 15 is 0 Å². The number of guanidine groups is 1. The van der Waals surface area contributed by atoms with Crippen LogP contribution in [-0.2, 0) is 11.2 Å². The van der Waals surface area contributed by atoms with Crippen molar-refractivity contribution in [1.82, 2.24) is 15.5 Å². The summed E-state index contributed by atoms with van der Waals surface area (Å²) in [6, 6.07) is 6.11. The molecule has 1 aliphatic rings. The minimum absolute atomic E-state index is 0.196. The molecule has 0 aromatic heterocycles. The molecule has 7 heteroatoms. The molecule has 0 bridgehead atoms. The first-order valence-corrected chi connectivity index (χ1v) is 9.79. The van der Waals surface area contributed by atoms with Crippen LogP contribution in [0.2, 0.25) is 0 Å². The van der Waals surface area contributed by atoms with Crippen LogP contribution < -0.4 is 20.1 Å². The summed E-state index contributed by atoms with van der Waals surface area (Å²) in [6.07, 6.45) is 1.07. The Kier molecular flexibility index (Phi) is 9.21. The molecule has 1 aromatic rings. The highest BCUT2D eigenvalue weighted by molar-refractivity contribution is 5.79. The summed E-state index contributed by atoms with van der Waals surface area (Å²) in [5.41, 5.74) is 1.20. The highest BCUT2D eigenvalue weighted by Gasteiger charge is 2.17. The summed E-state index contributed by atoms with van der Waals surface area (Å²) in [5.74, 6) is 2.40. The van der Waals surface area contributed by atoms with Crippen molar-refractivity contribution in [3.63, 3.8) is 0 Å². The Morgan fingerprint density at radius 2 is 2.00 bits per heavy atom. The molecule has 2 rings (SSSR count). The molecular weight excluding hydrogens is 344 g/mol. The molecule has 1 fully saturated rings. The molecule has 1 heterocycles. The Labute approximate surface area is 163 Å². The normalized spacial score (nSPS) is 18.2. The van der Waals surface area contributed by atoms with Crippen LogP contribution in [0, 0.1) is 0 Å². The number of hydrogen-bond donors (Lipinski definition) is 2. The average Bonchev–Trinajstić information content (AvgIpc) is 2.67. The number of nitrogens with one attached hydrogen (secondary N) is 2. The molecule has 1 saturated heterocycles. The van der Waals surface area contributed by atoms with E-state index in [1.807, 2.05) is 19.9 Å². The molecule has 27 heavy (non-hydrogen) atoms. The summed E-state index contributed by atoms with van der Waals surface area (Å²) in [5, 5.41) is 6.70. The zero-order valence-electron chi connectivity index (χ0n) is 17.1. The van der Waals surface area contributed by atoms with E-state index < -0.39 is 0 Å². The monoisotopic (exact) mass is 378 g/mol. The van der Waals surface area contributed by atoms with Gasteiger partial charge in [-0.15, -0.1) is 0 Å². The number of likely N-dealkylation sites (N-methyl/N-ethyl adjacent to an activating group) is 1. The van der Waals surface area contributed by atoms with Crippen LogP contribution in [0.3, 0.4) is 0 Å². The molecule has 0 spiro atoms. The topological polar surface area (TPSA) is 67.4 Å². The van der Waals surface area contributed by atoms with Crippen LogP contribution in [-0.4, -0.2) is 77.1 Å². The van der Waals surface area contributed by atoms with Gasteiger partial charge in [0.2, 0.25) is 0 Å². The van der Waals surface area contributed by atoms with Gasteiger partial charge in [-0.1, -0.05) is 6.07 Å². The second kappa shape index (κ2) is 11.7. The third kappa shape index (κ3) is 7.27. The van der Waals surface area contributed by atoms with Crippen LogP contribution in [0.4, 0.5) is 0 Å². The van der Waals surface area contributed by atoms with Gasteiger partial charge in [-0.2, -0.15) is 0 Å². The standard InChI is InChI=1S/C20H34N4O3/c1-5-25-18-8-7-16(13-19(18)26-6-2)9-10-22-20(21-3)23-14-17-15-24(4)11-12-27-17/h7-8,13,17H,5-6,9-12,14-15H2,1-4H3,(H2,21,22,23). The van der Waals surface area contributed by atoms with E-state index in [2.05, 4.69) is 39.7 Å². The van der Waals surface area contributed by atoms with Gasteiger partial charge in [0.1, 0.15) is 0 Å². The van der Waals surface area contributed by atoms with E-state index in [1.54, 1.807) is 7.05 Å². The highest BCUT2D eigenvalue weighted by atomic mass is 16.5. The van der Waals surface area contributed by atoms with Crippen molar-refractivity contribution < 1.29 is 14.2 Å². The molecule has 152 valence electrons. The fourth-order valence-electron chi connectivity index (χ4n) is 3.00. The molecule has 0 aliphatic carbocycles. The summed E-state index contributed by atoms with van der Waals surface area (Å²) >= 11 is 0. The van der Waals surface area contributed by atoms with E-state index in [9.17, 15) is 0 Å². The smallest absolute Gasteiger partial charge is 0.191 e. The van der Waals surface area contributed by atoms with Gasteiger partial charge in [0.15, 0.2) is 17.5 Å². The van der Waals surface area contributed by atoms with Gasteiger partial charge in [0.25, 0.3) is 0 Å². The largest absolute Gasteiger partial charge is 0.490 e. The van der Waals surface area contributed by atoms with Crippen LogP contribution in [0.15, 0.2) is 23.2 Å². The number of morpholine rings is 1. The highest BCUT2D eigenvalue weighted by Crippen LogP contribution is 2.28. The maximum absolute atomic E-state index is 5.77. The van der Waals surface area contributed by atoms with Gasteiger partial charge in [0.05, 0.1) is 25.9 Å². The van der Waals surface area contributed by atoms with E-state index in [4.69, 9.17) is 14.2 Å². The minimum Gasteiger partial charge on any atom is -0.490 e. The van der Waals surface area contributed by atoms with Gasteiger partial charge in [-0.05, 0) is 45.0 Å². The van der Waals surface area contributed by atoms with E-state index in [-0.39, 0.29) is 6.10 Å². The predicted octanol–water partition coefficient (Wildman–Crippen LogP) is 1.52. The predicted molar refractivity (Wildman–Crippen MR) is 109 cm³/mol. The summed E-state index contributed by atoms with van der Waals surface area (Å²) < 4.78 is 17.1. The minimum atomic E-state index is 0.196. The number of hydrogen-bond acceptors (Lipinski definition) is 5. The lowest BCUT2D eigenvalue weighted by molar-refractivity contribution is -0.0161. The van der Waals surface area contributed by atoms with Gasteiger partial charge in [0, 0.05) is 33.2 Å². The second-order valence-electron chi connectivity index (χ2n) is 6.53. The quantitative estimate of drug-likeness (QED) is 0.502. The number of ether oxygens (including phenoxy) is 3. The Balaban J connectivity index is 1.78. The van der Waals surface area contributed by atoms with Crippen molar-refractivity contribution in [3.05, 3.63) is 23.8 Å². The molecule has 1 aliphatic heterocycles. The van der Waals surface area contributed by atoms with Crippen LogP contribution >= 0.6 is 0 Å². The molecule has 0 amide bonds. The average molecular weight is 379 g/mol. The Hall–Kier alpha value is -1.99. The molecule has 1 atom stereocenters. The van der Waals surface area contributed by atoms with Crippen LogP contribution in [0.5, 0.6) is 11.5 Å². The van der Waals surface area contributed by atoms with Crippen LogP contribution in [0.25, 0.3) is 0 Å². The van der Waals surface area contributed by atoms with E-state index in [0.717, 1.165) is 56.7 Å². The summed E-state index contributed by atoms with van der Waals surface area (Å²) in [4.78, 5) is 6.57. The zero-order valence-corrected chi connectivity index (χ0v) is 17.1. The number of rotatable bonds is 9. The van der Waals surface area contributed by atoms with Crippen molar-refractivity contribution in [2.75, 3.05) is 60.1 Å². The van der Waals surface area contributed by atoms with Gasteiger partial charge >= 0.3 is 0 Å². The van der Waals surface area contributed by atoms with Crippen molar-refractivity contribution >= 4 is 5.96 Å². The molecule has 0 radical (unpaired) electrons. The molecule has 2 N–H and O–H groups in total. The van der Waals surface area contributed by atoms with Crippen LogP contribution in [0.1, 0.15) is 19.4 Å². The van der Waals surface area contributed by atoms with E-state index in [1.165, 1.54) is 5.56 Å². The molecule has 1 aromatic carbocycles. The van der Waals surface area contributed by atoms with Gasteiger partial charge < -0.3 is 29.7 Å². The third-order valence-corrected chi connectivity index (χ3v) is 4.38. The molecule has 1 unspecified atom stereocenters. The molecule has 7 nitrogen and oxygen atoms in total. The van der Waals surface area contributed by atoms with Crippen molar-refractivity contribution in [1.29, 1.82) is 0 Å². The third-order valence-electron chi connectivity index (χ3n) is 4.38. The fraction of sp³-hybridized carbons (Fsp3) is 0.650. The maximum atomic E-state index is 5.77. The maximum Gasteiger partial charge on any atom is 0.191 e. The summed E-state index contributed by atoms with van der Waals surface area (Å²) in [7, 11) is 3.91. The summed E-state index contributed by atoms with van der Waals surface area (Å²) in [6.45, 7) is 9.46. The molecular formula is C20H34N4O3. The number of nitrogens with zero attached hydrogens (tertiary/aromatic N) is 2. The lowest BCUT2D eigenvalue weighted by Crippen LogP contribution is -2.48. The fourth-order valence-corrected chi connectivity index (χ4v) is 3.00. The Morgan fingerprint density at radius 1 is 1.22 bits per heavy atom.